The Morgan fingerprint density at radius 1 is 0.222 bits per heavy atom. The Morgan fingerprint density at radius 3 is 0.333 bits per heavy atom. The molecule has 1 aliphatic rings. The summed E-state index contributed by atoms with van der Waals surface area (Å²) >= 11 is 0. The minimum atomic E-state index is -7.35. The van der Waals surface area contributed by atoms with Crippen molar-refractivity contribution in [3.8, 4) is 0 Å². The molecule has 0 radical (unpaired) electrons. The SMILES string of the molecule is FC1(F)C(F)(F)C(F)(F)C(F)(F)C(F)(F)C1(F)F. The largest absolute Gasteiger partial charge is 0.385 e. The second-order valence-corrected chi connectivity index (χ2v) is 3.45. The van der Waals surface area contributed by atoms with E-state index in [-0.39, 0.29) is 0 Å². The van der Waals surface area contributed by atoms with Gasteiger partial charge in [-0.3, -0.25) is 0 Å². The van der Waals surface area contributed by atoms with Crippen molar-refractivity contribution in [3.05, 3.63) is 0 Å². The predicted octanol–water partition coefficient (Wildman–Crippen LogP) is 3.81. The third-order valence-electron chi connectivity index (χ3n) is 2.37. The van der Waals surface area contributed by atoms with Crippen LogP contribution in [0.1, 0.15) is 0 Å². The van der Waals surface area contributed by atoms with Gasteiger partial charge in [-0.2, -0.15) is 52.7 Å². The van der Waals surface area contributed by atoms with Crippen LogP contribution in [0.2, 0.25) is 0 Å². The van der Waals surface area contributed by atoms with Crippen molar-refractivity contribution in [1.82, 2.24) is 0 Å². The van der Waals surface area contributed by atoms with Gasteiger partial charge >= 0.3 is 35.5 Å². The van der Waals surface area contributed by atoms with Gasteiger partial charge in [0.15, 0.2) is 0 Å². The Labute approximate surface area is 89.5 Å². The molecule has 0 spiro atoms. The van der Waals surface area contributed by atoms with E-state index >= 15 is 0 Å². The van der Waals surface area contributed by atoms with Gasteiger partial charge in [0, 0.05) is 0 Å². The van der Waals surface area contributed by atoms with Crippen LogP contribution in [0.3, 0.4) is 0 Å². The van der Waals surface area contributed by atoms with Crippen molar-refractivity contribution < 1.29 is 52.7 Å². The molecule has 0 aromatic heterocycles. The average Bonchev–Trinajstić information content (AvgIpc) is 2.14. The van der Waals surface area contributed by atoms with E-state index in [0.717, 1.165) is 0 Å². The van der Waals surface area contributed by atoms with Gasteiger partial charge < -0.3 is 0 Å². The van der Waals surface area contributed by atoms with Crippen molar-refractivity contribution in [3.63, 3.8) is 0 Å². The Morgan fingerprint density at radius 2 is 0.278 bits per heavy atom. The zero-order valence-electron chi connectivity index (χ0n) is 7.54. The topological polar surface area (TPSA) is 0 Å². The maximum absolute atomic E-state index is 12.3. The third kappa shape index (κ3) is 1.08. The fourth-order valence-electron chi connectivity index (χ4n) is 1.18. The van der Waals surface area contributed by atoms with Gasteiger partial charge in [-0.1, -0.05) is 0 Å². The molecular weight excluding hydrogens is 300 g/mol. The summed E-state index contributed by atoms with van der Waals surface area (Å²) < 4.78 is 148. The molecule has 12 heteroatoms. The van der Waals surface area contributed by atoms with Crippen LogP contribution in [0, 0.1) is 0 Å². The van der Waals surface area contributed by atoms with Crippen LogP contribution in [0.4, 0.5) is 52.7 Å². The van der Waals surface area contributed by atoms with E-state index in [0.29, 0.717) is 0 Å². The van der Waals surface area contributed by atoms with Crippen LogP contribution in [0.25, 0.3) is 0 Å². The Hall–Kier alpha value is -0.840. The van der Waals surface area contributed by atoms with Crippen LogP contribution < -0.4 is 0 Å². The normalized spacial score (nSPS) is 34.0. The van der Waals surface area contributed by atoms with Gasteiger partial charge in [0.25, 0.3) is 0 Å². The quantitative estimate of drug-likeness (QED) is 0.597. The van der Waals surface area contributed by atoms with E-state index in [2.05, 4.69) is 0 Å². The summed E-state index contributed by atoms with van der Waals surface area (Å²) in [7, 11) is 0. The molecule has 0 nitrogen and oxygen atoms in total. The highest BCUT2D eigenvalue weighted by molar-refractivity contribution is 5.23. The van der Waals surface area contributed by atoms with Gasteiger partial charge in [-0.15, -0.1) is 0 Å². The molecule has 0 aromatic rings. The molecular formula is C6F12. The minimum absolute atomic E-state index is 7.35. The number of alkyl halides is 12. The third-order valence-corrected chi connectivity index (χ3v) is 2.37. The van der Waals surface area contributed by atoms with Crippen molar-refractivity contribution in [2.45, 2.75) is 35.5 Å². The summed E-state index contributed by atoms with van der Waals surface area (Å²) in [6.07, 6.45) is 0. The van der Waals surface area contributed by atoms with Crippen molar-refractivity contribution in [2.24, 2.45) is 0 Å². The first-order chi connectivity index (χ1) is 7.50. The van der Waals surface area contributed by atoms with Gasteiger partial charge in [-0.25, -0.2) is 0 Å². The van der Waals surface area contributed by atoms with Crippen molar-refractivity contribution in [1.29, 1.82) is 0 Å². The van der Waals surface area contributed by atoms with Crippen molar-refractivity contribution >= 4 is 0 Å². The first kappa shape index (κ1) is 15.2. The molecule has 0 N–H and O–H groups in total. The van der Waals surface area contributed by atoms with Gasteiger partial charge in [-0.05, 0) is 0 Å². The summed E-state index contributed by atoms with van der Waals surface area (Å²) in [5, 5.41) is 0. The monoisotopic (exact) mass is 300 g/mol. The van der Waals surface area contributed by atoms with Crippen LogP contribution in [0.15, 0.2) is 0 Å². The van der Waals surface area contributed by atoms with E-state index < -0.39 is 35.5 Å². The maximum Gasteiger partial charge on any atom is 0.385 e. The predicted molar refractivity (Wildman–Crippen MR) is 29.7 cm³/mol. The number of halogens is 12. The molecule has 18 heavy (non-hydrogen) atoms. The van der Waals surface area contributed by atoms with E-state index in [9.17, 15) is 52.7 Å². The second-order valence-electron chi connectivity index (χ2n) is 3.45. The highest BCUT2D eigenvalue weighted by atomic mass is 19.4. The number of rotatable bonds is 0. The van der Waals surface area contributed by atoms with Crippen molar-refractivity contribution in [2.75, 3.05) is 0 Å². The lowest BCUT2D eigenvalue weighted by Gasteiger charge is -2.49. The second kappa shape index (κ2) is 3.00. The van der Waals surface area contributed by atoms with Gasteiger partial charge in [0.2, 0.25) is 0 Å². The summed E-state index contributed by atoms with van der Waals surface area (Å²) in [6.45, 7) is 0. The van der Waals surface area contributed by atoms with Gasteiger partial charge in [0.05, 0.1) is 0 Å². The van der Waals surface area contributed by atoms with Crippen LogP contribution in [-0.2, 0) is 0 Å². The molecule has 0 aromatic carbocycles. The number of hydrogen-bond donors (Lipinski definition) is 0. The Bertz CT molecular complexity index is 248. The van der Waals surface area contributed by atoms with E-state index in [1.165, 1.54) is 0 Å². The Balaban J connectivity index is 3.72. The lowest BCUT2D eigenvalue weighted by atomic mass is 9.80. The molecule has 1 aliphatic carbocycles. The maximum atomic E-state index is 12.3. The standard InChI is InChI=1S/C6F12/c7-1(8)2(9,10)4(13,14)6(17,18)5(15,16)3(1,11)12. The highest BCUT2D eigenvalue weighted by Gasteiger charge is 3.02. The molecule has 1 saturated carbocycles. The van der Waals surface area contributed by atoms with Gasteiger partial charge in [0.1, 0.15) is 0 Å². The molecule has 0 unspecified atom stereocenters. The van der Waals surface area contributed by atoms with Crippen LogP contribution in [-0.4, -0.2) is 35.5 Å². The minimum Gasteiger partial charge on any atom is -0.192 e. The zero-order chi connectivity index (χ0) is 15.0. The van der Waals surface area contributed by atoms with Crippen LogP contribution in [0.5, 0.6) is 0 Å². The van der Waals surface area contributed by atoms with Crippen LogP contribution >= 0.6 is 0 Å². The van der Waals surface area contributed by atoms with E-state index in [1.54, 1.807) is 0 Å². The molecule has 1 rings (SSSR count). The molecule has 0 aliphatic heterocycles. The number of hydrogen-bond acceptors (Lipinski definition) is 0. The zero-order valence-corrected chi connectivity index (χ0v) is 7.54. The summed E-state index contributed by atoms with van der Waals surface area (Å²) in [5.41, 5.74) is 0. The smallest absolute Gasteiger partial charge is 0.192 e. The first-order valence-corrected chi connectivity index (χ1v) is 3.77. The molecule has 0 heterocycles. The molecule has 1 fully saturated rings. The molecule has 108 valence electrons. The lowest BCUT2D eigenvalue weighted by molar-refractivity contribution is -0.506. The molecule has 0 atom stereocenters. The Kier molecular flexibility index (Phi) is 2.54. The summed E-state index contributed by atoms with van der Waals surface area (Å²) in [4.78, 5) is 0. The molecule has 0 bridgehead atoms. The highest BCUT2D eigenvalue weighted by Crippen LogP contribution is 2.69. The summed E-state index contributed by atoms with van der Waals surface area (Å²) in [6, 6.07) is 0. The van der Waals surface area contributed by atoms with E-state index in [1.807, 2.05) is 0 Å². The molecule has 0 saturated heterocycles. The fraction of sp³-hybridized carbons (Fsp3) is 1.00. The van der Waals surface area contributed by atoms with E-state index in [4.69, 9.17) is 0 Å². The lowest BCUT2D eigenvalue weighted by Crippen LogP contribution is -2.82. The fourth-order valence-corrected chi connectivity index (χ4v) is 1.18. The molecule has 0 amide bonds. The average molecular weight is 300 g/mol. The first-order valence-electron chi connectivity index (χ1n) is 3.77. The summed E-state index contributed by atoms with van der Waals surface area (Å²) in [5.74, 6) is -44.1.